The van der Waals surface area contributed by atoms with Gasteiger partial charge in [-0.3, -0.25) is 4.90 Å². The second-order valence-corrected chi connectivity index (χ2v) is 9.16. The van der Waals surface area contributed by atoms with Gasteiger partial charge in [-0.1, -0.05) is 48.5 Å². The van der Waals surface area contributed by atoms with Crippen molar-refractivity contribution in [3.8, 4) is 0 Å². The average Bonchev–Trinajstić information content (AvgIpc) is 2.63. The van der Waals surface area contributed by atoms with Crippen LogP contribution in [-0.4, -0.2) is 70.0 Å². The molecule has 2 unspecified atom stereocenters. The summed E-state index contributed by atoms with van der Waals surface area (Å²) in [6.45, 7) is 24.1. The molecule has 2 rings (SSSR count). The first kappa shape index (κ1) is 26.8. The fourth-order valence-electron chi connectivity index (χ4n) is 3.91. The predicted octanol–water partition coefficient (Wildman–Crippen LogP) is 4.39. The van der Waals surface area contributed by atoms with Crippen molar-refractivity contribution in [1.29, 1.82) is 0 Å². The zero-order valence-electron chi connectivity index (χ0n) is 19.9. The number of β-amino-alcohol motifs (C(OH)–C–C–N with tert-alkyl or cyclic N) is 2. The van der Waals surface area contributed by atoms with Crippen LogP contribution in [0.2, 0.25) is 0 Å². The van der Waals surface area contributed by atoms with Crippen molar-refractivity contribution in [1.82, 2.24) is 9.80 Å². The highest BCUT2D eigenvalue weighted by molar-refractivity contribution is 4.90. The topological polar surface area (TPSA) is 46.9 Å². The molecule has 2 saturated heterocycles. The molecule has 2 atom stereocenters. The number of hydrogen-bond acceptors (Lipinski definition) is 4. The molecule has 2 N–H and O–H groups in total. The molecule has 0 radical (unpaired) electrons. The van der Waals surface area contributed by atoms with Gasteiger partial charge in [0.15, 0.2) is 0 Å². The summed E-state index contributed by atoms with van der Waals surface area (Å²) >= 11 is 0. The Balaban J connectivity index is 0.000000460. The van der Waals surface area contributed by atoms with Gasteiger partial charge in [-0.15, -0.1) is 0 Å². The molecule has 0 spiro atoms. The van der Waals surface area contributed by atoms with Crippen LogP contribution in [-0.2, 0) is 0 Å². The average molecular weight is 387 g/mol. The lowest BCUT2D eigenvalue weighted by atomic mass is 9.82. The number of aliphatic hydroxyl groups is 2. The summed E-state index contributed by atoms with van der Waals surface area (Å²) in [5.41, 5.74) is -0.864. The van der Waals surface area contributed by atoms with E-state index in [0.717, 1.165) is 58.4 Å². The molecule has 0 aromatic heterocycles. The first-order chi connectivity index (χ1) is 12.5. The van der Waals surface area contributed by atoms with E-state index in [1.807, 2.05) is 13.8 Å². The third-order valence-corrected chi connectivity index (χ3v) is 6.44. The molecule has 4 nitrogen and oxygen atoms in total. The van der Waals surface area contributed by atoms with Crippen molar-refractivity contribution in [2.75, 3.05) is 32.7 Å². The SMILES string of the molecule is CC.CC(C)N1CCCC(O)(C(C)C)C1.CCN1CCCC(O)(C(C)C)C1. The Labute approximate surface area is 170 Å². The van der Waals surface area contributed by atoms with Crippen LogP contribution in [0.25, 0.3) is 0 Å². The third kappa shape index (κ3) is 8.39. The fourth-order valence-corrected chi connectivity index (χ4v) is 3.91. The van der Waals surface area contributed by atoms with E-state index >= 15 is 0 Å². The van der Waals surface area contributed by atoms with Crippen LogP contribution >= 0.6 is 0 Å². The Bertz CT molecular complexity index is 387. The van der Waals surface area contributed by atoms with Crippen LogP contribution in [0, 0.1) is 11.8 Å². The van der Waals surface area contributed by atoms with Gasteiger partial charge in [0.2, 0.25) is 0 Å². The summed E-state index contributed by atoms with van der Waals surface area (Å²) in [4.78, 5) is 4.72. The Morgan fingerprint density at radius 2 is 1.22 bits per heavy atom. The summed E-state index contributed by atoms with van der Waals surface area (Å²) < 4.78 is 0. The third-order valence-electron chi connectivity index (χ3n) is 6.44. The van der Waals surface area contributed by atoms with Crippen LogP contribution in [0.15, 0.2) is 0 Å². The van der Waals surface area contributed by atoms with E-state index in [2.05, 4.69) is 58.3 Å². The number of rotatable bonds is 4. The number of hydrogen-bond donors (Lipinski definition) is 2. The maximum absolute atomic E-state index is 10.3. The van der Waals surface area contributed by atoms with Gasteiger partial charge in [0.05, 0.1) is 11.2 Å². The summed E-state index contributed by atoms with van der Waals surface area (Å²) in [5, 5.41) is 20.5. The van der Waals surface area contributed by atoms with Gasteiger partial charge in [-0.2, -0.15) is 0 Å². The zero-order chi connectivity index (χ0) is 21.3. The molecule has 0 aromatic carbocycles. The minimum absolute atomic E-state index is 0.369. The smallest absolute Gasteiger partial charge is 0.0797 e. The fraction of sp³-hybridized carbons (Fsp3) is 1.00. The van der Waals surface area contributed by atoms with Crippen molar-refractivity contribution >= 4 is 0 Å². The Morgan fingerprint density at radius 1 is 0.778 bits per heavy atom. The molecular formula is C23H50N2O2. The molecule has 0 aliphatic carbocycles. The van der Waals surface area contributed by atoms with E-state index in [4.69, 9.17) is 0 Å². The van der Waals surface area contributed by atoms with E-state index in [0.29, 0.717) is 17.9 Å². The molecule has 27 heavy (non-hydrogen) atoms. The Hall–Kier alpha value is -0.160. The number of likely N-dealkylation sites (N-methyl/N-ethyl adjacent to an activating group) is 1. The maximum Gasteiger partial charge on any atom is 0.0797 e. The highest BCUT2D eigenvalue weighted by atomic mass is 16.3. The van der Waals surface area contributed by atoms with Gasteiger partial charge in [0.1, 0.15) is 0 Å². The van der Waals surface area contributed by atoms with E-state index < -0.39 is 11.2 Å². The highest BCUT2D eigenvalue weighted by Gasteiger charge is 2.36. The van der Waals surface area contributed by atoms with Gasteiger partial charge < -0.3 is 15.1 Å². The van der Waals surface area contributed by atoms with Crippen LogP contribution in [0.3, 0.4) is 0 Å². The molecule has 2 aliphatic heterocycles. The van der Waals surface area contributed by atoms with E-state index in [1.54, 1.807) is 0 Å². The van der Waals surface area contributed by atoms with Gasteiger partial charge >= 0.3 is 0 Å². The summed E-state index contributed by atoms with van der Waals surface area (Å²) in [6.07, 6.45) is 4.21. The lowest BCUT2D eigenvalue weighted by Crippen LogP contribution is -2.53. The molecule has 2 fully saturated rings. The molecule has 0 saturated carbocycles. The number of nitrogens with zero attached hydrogens (tertiary/aromatic N) is 2. The first-order valence-electron chi connectivity index (χ1n) is 11.4. The highest BCUT2D eigenvalue weighted by Crippen LogP contribution is 2.29. The Morgan fingerprint density at radius 3 is 1.63 bits per heavy atom. The molecule has 164 valence electrons. The molecule has 4 heteroatoms. The second kappa shape index (κ2) is 12.4. The van der Waals surface area contributed by atoms with Gasteiger partial charge in [0, 0.05) is 19.1 Å². The number of likely N-dealkylation sites (tertiary alicyclic amines) is 2. The van der Waals surface area contributed by atoms with Crippen molar-refractivity contribution in [2.24, 2.45) is 11.8 Å². The lowest BCUT2D eigenvalue weighted by Gasteiger charge is -2.43. The predicted molar refractivity (Wildman–Crippen MR) is 118 cm³/mol. The Kier molecular flexibility index (Phi) is 12.3. The minimum atomic E-state index is -0.442. The molecule has 2 aliphatic rings. The monoisotopic (exact) mass is 386 g/mol. The summed E-state index contributed by atoms with van der Waals surface area (Å²) in [5.74, 6) is 0.751. The van der Waals surface area contributed by atoms with Crippen LogP contribution < -0.4 is 0 Å². The van der Waals surface area contributed by atoms with E-state index in [-0.39, 0.29) is 0 Å². The summed E-state index contributed by atoms with van der Waals surface area (Å²) in [6, 6.07) is 0.561. The molecular weight excluding hydrogens is 336 g/mol. The summed E-state index contributed by atoms with van der Waals surface area (Å²) in [7, 11) is 0. The van der Waals surface area contributed by atoms with Crippen molar-refractivity contribution < 1.29 is 10.2 Å². The van der Waals surface area contributed by atoms with Gasteiger partial charge in [-0.05, 0) is 71.0 Å². The van der Waals surface area contributed by atoms with Crippen LogP contribution in [0.4, 0.5) is 0 Å². The molecule has 0 amide bonds. The van der Waals surface area contributed by atoms with Crippen LogP contribution in [0.5, 0.6) is 0 Å². The minimum Gasteiger partial charge on any atom is -0.388 e. The largest absolute Gasteiger partial charge is 0.388 e. The molecule has 0 bridgehead atoms. The second-order valence-electron chi connectivity index (χ2n) is 9.16. The van der Waals surface area contributed by atoms with Crippen LogP contribution in [0.1, 0.15) is 88.0 Å². The van der Waals surface area contributed by atoms with Crippen molar-refractivity contribution in [3.05, 3.63) is 0 Å². The van der Waals surface area contributed by atoms with Gasteiger partial charge in [-0.25, -0.2) is 0 Å². The normalized spacial score (nSPS) is 30.0. The molecule has 0 aromatic rings. The lowest BCUT2D eigenvalue weighted by molar-refractivity contribution is -0.0716. The van der Waals surface area contributed by atoms with Crippen molar-refractivity contribution in [3.63, 3.8) is 0 Å². The zero-order valence-corrected chi connectivity index (χ0v) is 19.9. The molecule has 2 heterocycles. The van der Waals surface area contributed by atoms with E-state index in [1.165, 1.54) is 0 Å². The van der Waals surface area contributed by atoms with E-state index in [9.17, 15) is 10.2 Å². The van der Waals surface area contributed by atoms with Crippen molar-refractivity contribution in [2.45, 2.75) is 105 Å². The standard InChI is InChI=1S/C11H23NO.C10H21NO.C2H6/c1-9(2)11(13)6-5-7-12(8-11)10(3)4;1-4-11-7-5-6-10(12,8-11)9(2)3;1-2/h9-10,13H,5-8H2,1-4H3;9,12H,4-8H2,1-3H3;1-2H3. The maximum atomic E-state index is 10.3. The number of piperidine rings is 2. The quantitative estimate of drug-likeness (QED) is 0.752. The first-order valence-corrected chi connectivity index (χ1v) is 11.4. The van der Waals surface area contributed by atoms with Gasteiger partial charge in [0.25, 0.3) is 0 Å².